The molecule has 124 valence electrons. The smallest absolute Gasteiger partial charge is 0.216 e. The summed E-state index contributed by atoms with van der Waals surface area (Å²) in [7, 11) is -3.45. The van der Waals surface area contributed by atoms with E-state index >= 15 is 0 Å². The SMILES string of the molecule is Cc1oc(CNS(=O)(=O)Cc2ccccc2)nc1-c1ccccc1. The second kappa shape index (κ2) is 6.98. The lowest BCUT2D eigenvalue weighted by atomic mass is 10.1. The zero-order valence-electron chi connectivity index (χ0n) is 13.3. The number of hydrogen-bond donors (Lipinski definition) is 1. The zero-order valence-corrected chi connectivity index (χ0v) is 14.1. The van der Waals surface area contributed by atoms with E-state index in [4.69, 9.17) is 4.42 Å². The lowest BCUT2D eigenvalue weighted by molar-refractivity contribution is 0.463. The van der Waals surface area contributed by atoms with E-state index in [-0.39, 0.29) is 12.3 Å². The van der Waals surface area contributed by atoms with Gasteiger partial charge in [0.25, 0.3) is 0 Å². The van der Waals surface area contributed by atoms with Gasteiger partial charge in [-0.2, -0.15) is 0 Å². The number of aromatic nitrogens is 1. The Morgan fingerprint density at radius 1 is 1.00 bits per heavy atom. The Labute approximate surface area is 141 Å². The lowest BCUT2D eigenvalue weighted by Crippen LogP contribution is -2.24. The molecule has 0 spiro atoms. The molecule has 5 nitrogen and oxygen atoms in total. The van der Waals surface area contributed by atoms with Crippen molar-refractivity contribution >= 4 is 10.0 Å². The van der Waals surface area contributed by atoms with Crippen molar-refractivity contribution in [2.24, 2.45) is 0 Å². The molecule has 2 aromatic carbocycles. The molecule has 0 fully saturated rings. The first-order chi connectivity index (χ1) is 11.5. The third-order valence-corrected chi connectivity index (χ3v) is 4.83. The van der Waals surface area contributed by atoms with Gasteiger partial charge in [0, 0.05) is 5.56 Å². The van der Waals surface area contributed by atoms with E-state index in [1.165, 1.54) is 0 Å². The average Bonchev–Trinajstić information content (AvgIpc) is 2.95. The Morgan fingerprint density at radius 3 is 2.29 bits per heavy atom. The van der Waals surface area contributed by atoms with Crippen molar-refractivity contribution in [3.8, 4) is 11.3 Å². The van der Waals surface area contributed by atoms with Crippen LogP contribution < -0.4 is 4.72 Å². The highest BCUT2D eigenvalue weighted by Gasteiger charge is 2.15. The minimum absolute atomic E-state index is 0.0306. The summed E-state index contributed by atoms with van der Waals surface area (Å²) in [6, 6.07) is 18.7. The fourth-order valence-corrected chi connectivity index (χ4v) is 3.48. The molecule has 0 radical (unpaired) electrons. The number of rotatable bonds is 6. The van der Waals surface area contributed by atoms with E-state index in [0.29, 0.717) is 11.7 Å². The van der Waals surface area contributed by atoms with Crippen molar-refractivity contribution < 1.29 is 12.8 Å². The van der Waals surface area contributed by atoms with Gasteiger partial charge in [0.05, 0.1) is 12.3 Å². The Bertz CT molecular complexity index is 904. The van der Waals surface area contributed by atoms with Gasteiger partial charge >= 0.3 is 0 Å². The Hall–Kier alpha value is -2.44. The third-order valence-electron chi connectivity index (χ3n) is 3.53. The van der Waals surface area contributed by atoms with Crippen LogP contribution in [-0.4, -0.2) is 13.4 Å². The molecule has 3 aromatic rings. The van der Waals surface area contributed by atoms with Crippen LogP contribution in [0, 0.1) is 6.92 Å². The highest BCUT2D eigenvalue weighted by Crippen LogP contribution is 2.23. The minimum Gasteiger partial charge on any atom is -0.444 e. The van der Waals surface area contributed by atoms with Crippen molar-refractivity contribution in [1.82, 2.24) is 9.71 Å². The quantitative estimate of drug-likeness (QED) is 0.746. The molecule has 0 aliphatic carbocycles. The van der Waals surface area contributed by atoms with Gasteiger partial charge in [0.15, 0.2) is 0 Å². The molecule has 0 saturated heterocycles. The molecule has 0 unspecified atom stereocenters. The van der Waals surface area contributed by atoms with E-state index in [2.05, 4.69) is 9.71 Å². The van der Waals surface area contributed by atoms with Crippen LogP contribution in [0.1, 0.15) is 17.2 Å². The molecule has 24 heavy (non-hydrogen) atoms. The fourth-order valence-electron chi connectivity index (χ4n) is 2.41. The second-order valence-electron chi connectivity index (χ2n) is 5.44. The number of oxazole rings is 1. The summed E-state index contributed by atoms with van der Waals surface area (Å²) in [4.78, 5) is 4.40. The maximum atomic E-state index is 12.2. The van der Waals surface area contributed by atoms with Crippen LogP contribution in [0.4, 0.5) is 0 Å². The summed E-state index contributed by atoms with van der Waals surface area (Å²) in [5.74, 6) is 0.945. The molecule has 1 aromatic heterocycles. The van der Waals surface area contributed by atoms with Crippen molar-refractivity contribution in [3.63, 3.8) is 0 Å². The molecule has 1 N–H and O–H groups in total. The number of aryl methyl sites for hydroxylation is 1. The number of nitrogens with one attached hydrogen (secondary N) is 1. The molecule has 0 aliphatic heterocycles. The molecule has 3 rings (SSSR count). The second-order valence-corrected chi connectivity index (χ2v) is 7.25. The number of sulfonamides is 1. The van der Waals surface area contributed by atoms with E-state index < -0.39 is 10.0 Å². The predicted octanol–water partition coefficient (Wildman–Crippen LogP) is 3.27. The first-order valence-electron chi connectivity index (χ1n) is 7.56. The molecule has 0 amide bonds. The molecule has 6 heteroatoms. The summed E-state index contributed by atoms with van der Waals surface area (Å²) in [6.07, 6.45) is 0. The summed E-state index contributed by atoms with van der Waals surface area (Å²) < 4.78 is 32.4. The van der Waals surface area contributed by atoms with Gasteiger partial charge in [-0.1, -0.05) is 60.7 Å². The summed E-state index contributed by atoms with van der Waals surface area (Å²) in [5.41, 5.74) is 2.41. The number of nitrogens with zero attached hydrogens (tertiary/aromatic N) is 1. The standard InChI is InChI=1S/C18H18N2O3S/c1-14-18(16-10-6-3-7-11-16)20-17(23-14)12-19-24(21,22)13-15-8-4-2-5-9-15/h2-11,19H,12-13H2,1H3. The molecule has 0 atom stereocenters. The molecule has 1 heterocycles. The summed E-state index contributed by atoms with van der Waals surface area (Å²) in [6.45, 7) is 1.85. The average molecular weight is 342 g/mol. The van der Waals surface area contributed by atoms with Gasteiger partial charge in [-0.3, -0.25) is 0 Å². The fraction of sp³-hybridized carbons (Fsp3) is 0.167. The van der Waals surface area contributed by atoms with E-state index in [1.807, 2.05) is 55.5 Å². The van der Waals surface area contributed by atoms with Crippen LogP contribution in [-0.2, 0) is 22.3 Å². The van der Waals surface area contributed by atoms with Crippen LogP contribution in [0.15, 0.2) is 65.1 Å². The van der Waals surface area contributed by atoms with Crippen LogP contribution in [0.3, 0.4) is 0 Å². The van der Waals surface area contributed by atoms with Crippen LogP contribution >= 0.6 is 0 Å². The first kappa shape index (κ1) is 16.4. The van der Waals surface area contributed by atoms with Gasteiger partial charge in [0.2, 0.25) is 15.9 Å². The van der Waals surface area contributed by atoms with Crippen LogP contribution in [0.2, 0.25) is 0 Å². The van der Waals surface area contributed by atoms with Crippen LogP contribution in [0.5, 0.6) is 0 Å². The summed E-state index contributed by atoms with van der Waals surface area (Å²) >= 11 is 0. The Kier molecular flexibility index (Phi) is 4.78. The predicted molar refractivity (Wildman–Crippen MR) is 92.6 cm³/mol. The van der Waals surface area contributed by atoms with Crippen molar-refractivity contribution in [2.45, 2.75) is 19.2 Å². The van der Waals surface area contributed by atoms with Crippen LogP contribution in [0.25, 0.3) is 11.3 Å². The first-order valence-corrected chi connectivity index (χ1v) is 9.22. The zero-order chi connectivity index (χ0) is 17.0. The van der Waals surface area contributed by atoms with Gasteiger partial charge in [-0.15, -0.1) is 0 Å². The van der Waals surface area contributed by atoms with Gasteiger partial charge in [-0.25, -0.2) is 18.1 Å². The maximum Gasteiger partial charge on any atom is 0.216 e. The Morgan fingerprint density at radius 2 is 1.62 bits per heavy atom. The number of hydrogen-bond acceptors (Lipinski definition) is 4. The highest BCUT2D eigenvalue weighted by atomic mass is 32.2. The van der Waals surface area contributed by atoms with Gasteiger partial charge < -0.3 is 4.42 Å². The highest BCUT2D eigenvalue weighted by molar-refractivity contribution is 7.88. The maximum absolute atomic E-state index is 12.2. The van der Waals surface area contributed by atoms with E-state index in [1.54, 1.807) is 12.1 Å². The van der Waals surface area contributed by atoms with E-state index in [9.17, 15) is 8.42 Å². The van der Waals surface area contributed by atoms with Crippen molar-refractivity contribution in [3.05, 3.63) is 77.9 Å². The normalized spacial score (nSPS) is 11.5. The summed E-state index contributed by atoms with van der Waals surface area (Å²) in [5, 5.41) is 0. The monoisotopic (exact) mass is 342 g/mol. The third kappa shape index (κ3) is 4.10. The minimum atomic E-state index is -3.45. The molecular formula is C18H18N2O3S. The lowest BCUT2D eigenvalue weighted by Gasteiger charge is -2.04. The molecule has 0 saturated carbocycles. The molecular weight excluding hydrogens is 324 g/mol. The van der Waals surface area contributed by atoms with Gasteiger partial charge in [0.1, 0.15) is 11.5 Å². The van der Waals surface area contributed by atoms with Crippen molar-refractivity contribution in [2.75, 3.05) is 0 Å². The van der Waals surface area contributed by atoms with Gasteiger partial charge in [-0.05, 0) is 12.5 Å². The molecule has 0 aliphatic rings. The topological polar surface area (TPSA) is 72.2 Å². The largest absolute Gasteiger partial charge is 0.444 e. The Balaban J connectivity index is 1.69. The molecule has 0 bridgehead atoms. The number of benzene rings is 2. The van der Waals surface area contributed by atoms with Crippen molar-refractivity contribution in [1.29, 1.82) is 0 Å². The van der Waals surface area contributed by atoms with E-state index in [0.717, 1.165) is 16.8 Å².